The molecule has 1 heterocycles. The highest BCUT2D eigenvalue weighted by Gasteiger charge is 2.09. The van der Waals surface area contributed by atoms with Crippen LogP contribution in [0.1, 0.15) is 16.2 Å². The monoisotopic (exact) mass is 270 g/mol. The van der Waals surface area contributed by atoms with Gasteiger partial charge in [0.1, 0.15) is 18.9 Å². The summed E-state index contributed by atoms with van der Waals surface area (Å²) in [7, 11) is 0. The predicted molar refractivity (Wildman–Crippen MR) is 68.7 cm³/mol. The van der Waals surface area contributed by atoms with Gasteiger partial charge in [-0.3, -0.25) is 4.79 Å². The molecule has 0 atom stereocenters. The van der Waals surface area contributed by atoms with Crippen molar-refractivity contribution in [2.75, 3.05) is 5.32 Å². The summed E-state index contributed by atoms with van der Waals surface area (Å²) in [6.45, 7) is -0.0166. The van der Waals surface area contributed by atoms with Crippen LogP contribution < -0.4 is 11.1 Å². The first kappa shape index (κ1) is 13.2. The molecule has 2 aromatic rings. The average molecular weight is 270 g/mol. The number of rotatable bonds is 4. The first-order valence-corrected chi connectivity index (χ1v) is 5.58. The Balaban J connectivity index is 2.05. The molecule has 1 aromatic heterocycles. The largest absolute Gasteiger partial charge is 0.351 e. The van der Waals surface area contributed by atoms with Crippen LogP contribution in [-0.4, -0.2) is 26.6 Å². The molecular formula is C12H10N6O2. The van der Waals surface area contributed by atoms with Gasteiger partial charge in [-0.15, -0.1) is 5.10 Å². The molecule has 2 amide bonds. The molecule has 20 heavy (non-hydrogen) atoms. The van der Waals surface area contributed by atoms with Crippen molar-refractivity contribution in [2.24, 2.45) is 5.73 Å². The van der Waals surface area contributed by atoms with Crippen LogP contribution in [0.15, 0.2) is 30.6 Å². The summed E-state index contributed by atoms with van der Waals surface area (Å²) in [5.74, 6) is -0.177. The van der Waals surface area contributed by atoms with E-state index in [4.69, 9.17) is 11.0 Å². The van der Waals surface area contributed by atoms with E-state index in [2.05, 4.69) is 15.4 Å². The maximum absolute atomic E-state index is 12.0. The summed E-state index contributed by atoms with van der Waals surface area (Å²) >= 11 is 0. The van der Waals surface area contributed by atoms with E-state index in [1.807, 2.05) is 0 Å². The molecule has 0 unspecified atom stereocenters. The molecule has 0 aliphatic rings. The van der Waals surface area contributed by atoms with Crippen LogP contribution >= 0.6 is 0 Å². The van der Waals surface area contributed by atoms with Crippen LogP contribution in [0, 0.1) is 11.3 Å². The van der Waals surface area contributed by atoms with E-state index in [0.717, 1.165) is 0 Å². The van der Waals surface area contributed by atoms with Gasteiger partial charge in [0.25, 0.3) is 5.82 Å². The van der Waals surface area contributed by atoms with Crippen LogP contribution in [0.5, 0.6) is 0 Å². The van der Waals surface area contributed by atoms with E-state index >= 15 is 0 Å². The summed E-state index contributed by atoms with van der Waals surface area (Å²) in [5, 5.41) is 14.8. The normalized spacial score (nSPS) is 9.75. The third-order valence-corrected chi connectivity index (χ3v) is 2.42. The van der Waals surface area contributed by atoms with Gasteiger partial charge in [0, 0.05) is 11.3 Å². The molecule has 3 N–H and O–H groups in total. The van der Waals surface area contributed by atoms with Crippen molar-refractivity contribution < 1.29 is 9.59 Å². The molecule has 8 heteroatoms. The Hall–Kier alpha value is -3.21. The number of benzene rings is 1. The minimum absolute atomic E-state index is 0.0128. The number of carbonyl (C=O) groups excluding carboxylic acids is 2. The molecule has 0 spiro atoms. The van der Waals surface area contributed by atoms with Crippen molar-refractivity contribution in [1.82, 2.24) is 14.8 Å². The number of urea groups is 1. The molecule has 0 aliphatic carbocycles. The van der Waals surface area contributed by atoms with E-state index in [1.54, 1.807) is 30.3 Å². The van der Waals surface area contributed by atoms with E-state index < -0.39 is 6.03 Å². The quantitative estimate of drug-likeness (QED) is 0.783. The molecule has 0 radical (unpaired) electrons. The standard InChI is InChI=1S/C12H10N6O2/c13-5-11-15-7-18(17-11)6-10(19)8-1-3-9(4-2-8)16-12(14)20/h1-4,7H,6H2,(H3,14,16,20). The van der Waals surface area contributed by atoms with Crippen LogP contribution in [0.25, 0.3) is 0 Å². The molecular weight excluding hydrogens is 260 g/mol. The number of hydrogen-bond acceptors (Lipinski definition) is 5. The lowest BCUT2D eigenvalue weighted by atomic mass is 10.1. The number of primary amides is 1. The molecule has 0 fully saturated rings. The summed E-state index contributed by atoms with van der Waals surface area (Å²) in [5.41, 5.74) is 5.93. The zero-order valence-corrected chi connectivity index (χ0v) is 10.3. The highest BCUT2D eigenvalue weighted by Crippen LogP contribution is 2.10. The Morgan fingerprint density at radius 2 is 2.05 bits per heavy atom. The number of Topliss-reactive ketones (excluding diaryl/α,β-unsaturated/α-hetero) is 1. The number of anilines is 1. The number of nitrogens with zero attached hydrogens (tertiary/aromatic N) is 4. The fraction of sp³-hybridized carbons (Fsp3) is 0.0833. The van der Waals surface area contributed by atoms with Gasteiger partial charge in [0.15, 0.2) is 5.78 Å². The van der Waals surface area contributed by atoms with Crippen molar-refractivity contribution in [1.29, 1.82) is 5.26 Å². The molecule has 100 valence electrons. The molecule has 8 nitrogen and oxygen atoms in total. The van der Waals surface area contributed by atoms with Gasteiger partial charge in [0.2, 0.25) is 0 Å². The van der Waals surface area contributed by atoms with Crippen molar-refractivity contribution in [2.45, 2.75) is 6.54 Å². The zero-order chi connectivity index (χ0) is 14.5. The number of hydrogen-bond donors (Lipinski definition) is 2. The lowest BCUT2D eigenvalue weighted by Gasteiger charge is -2.04. The van der Waals surface area contributed by atoms with E-state index in [-0.39, 0.29) is 18.2 Å². The molecule has 0 aliphatic heterocycles. The lowest BCUT2D eigenvalue weighted by Crippen LogP contribution is -2.19. The minimum atomic E-state index is -0.671. The smallest absolute Gasteiger partial charge is 0.316 e. The highest BCUT2D eigenvalue weighted by atomic mass is 16.2. The topological polar surface area (TPSA) is 127 Å². The SMILES string of the molecule is N#Cc1ncn(CC(=O)c2ccc(NC(N)=O)cc2)n1. The van der Waals surface area contributed by atoms with Crippen LogP contribution in [-0.2, 0) is 6.54 Å². The van der Waals surface area contributed by atoms with Gasteiger partial charge in [-0.1, -0.05) is 0 Å². The van der Waals surface area contributed by atoms with Gasteiger partial charge in [0.05, 0.1) is 0 Å². The second-order valence-electron chi connectivity index (χ2n) is 3.87. The third-order valence-electron chi connectivity index (χ3n) is 2.42. The number of nitrogens with two attached hydrogens (primary N) is 1. The second kappa shape index (κ2) is 5.62. The number of ketones is 1. The lowest BCUT2D eigenvalue weighted by molar-refractivity contribution is 0.0967. The maximum atomic E-state index is 12.0. The Labute approximate surface area is 113 Å². The molecule has 0 saturated carbocycles. The highest BCUT2D eigenvalue weighted by molar-refractivity contribution is 5.96. The predicted octanol–water partition coefficient (Wildman–Crippen LogP) is 0.523. The average Bonchev–Trinajstić information content (AvgIpc) is 2.86. The fourth-order valence-electron chi connectivity index (χ4n) is 1.54. The van der Waals surface area contributed by atoms with E-state index in [9.17, 15) is 9.59 Å². The van der Waals surface area contributed by atoms with Gasteiger partial charge < -0.3 is 11.1 Å². The summed E-state index contributed by atoms with van der Waals surface area (Å²) in [4.78, 5) is 26.3. The molecule has 1 aromatic carbocycles. The molecule has 0 saturated heterocycles. The first-order chi connectivity index (χ1) is 9.58. The summed E-state index contributed by atoms with van der Waals surface area (Å²) in [6, 6.07) is 7.38. The van der Waals surface area contributed by atoms with Gasteiger partial charge in [-0.05, 0) is 24.3 Å². The number of carbonyl (C=O) groups is 2. The second-order valence-corrected chi connectivity index (χ2v) is 3.87. The molecule has 2 rings (SSSR count). The first-order valence-electron chi connectivity index (χ1n) is 5.58. The summed E-state index contributed by atoms with van der Waals surface area (Å²) < 4.78 is 1.29. The van der Waals surface area contributed by atoms with Crippen LogP contribution in [0.4, 0.5) is 10.5 Å². The van der Waals surface area contributed by atoms with Crippen molar-refractivity contribution in [3.8, 4) is 6.07 Å². The summed E-state index contributed by atoms with van der Waals surface area (Å²) in [6.07, 6.45) is 1.32. The van der Waals surface area contributed by atoms with Crippen LogP contribution in [0.3, 0.4) is 0 Å². The molecule has 0 bridgehead atoms. The Bertz CT molecular complexity index is 683. The zero-order valence-electron chi connectivity index (χ0n) is 10.3. The Morgan fingerprint density at radius 1 is 1.35 bits per heavy atom. The number of aromatic nitrogens is 3. The fourth-order valence-corrected chi connectivity index (χ4v) is 1.54. The van der Waals surface area contributed by atoms with Gasteiger partial charge >= 0.3 is 6.03 Å². The van der Waals surface area contributed by atoms with Crippen LogP contribution in [0.2, 0.25) is 0 Å². The van der Waals surface area contributed by atoms with E-state index in [0.29, 0.717) is 11.3 Å². The maximum Gasteiger partial charge on any atom is 0.316 e. The number of nitrogens with one attached hydrogen (secondary N) is 1. The Kier molecular flexibility index (Phi) is 3.72. The number of amides is 2. The Morgan fingerprint density at radius 3 is 2.60 bits per heavy atom. The van der Waals surface area contributed by atoms with Crippen molar-refractivity contribution >= 4 is 17.5 Å². The van der Waals surface area contributed by atoms with Crippen molar-refractivity contribution in [3.05, 3.63) is 42.0 Å². The number of nitriles is 1. The third kappa shape index (κ3) is 3.17. The van der Waals surface area contributed by atoms with Gasteiger partial charge in [-0.2, -0.15) is 5.26 Å². The van der Waals surface area contributed by atoms with Gasteiger partial charge in [-0.25, -0.2) is 14.5 Å². The van der Waals surface area contributed by atoms with E-state index in [1.165, 1.54) is 11.0 Å². The van der Waals surface area contributed by atoms with Crippen molar-refractivity contribution in [3.63, 3.8) is 0 Å². The minimum Gasteiger partial charge on any atom is -0.351 e.